The van der Waals surface area contributed by atoms with E-state index >= 15 is 0 Å². The number of nitrogens with zero attached hydrogens (tertiary/aromatic N) is 6. The van der Waals surface area contributed by atoms with Gasteiger partial charge >= 0.3 is 0 Å². The SMILES string of the molecule is COc1ccc(Cn2cnc3c(nnc4ccnn43)c2=O)cc1OC. The normalized spacial score (nSPS) is 11.1. The lowest BCUT2D eigenvalue weighted by Crippen LogP contribution is -2.23. The van der Waals surface area contributed by atoms with Crippen LogP contribution in [0.3, 0.4) is 0 Å². The van der Waals surface area contributed by atoms with E-state index in [1.165, 1.54) is 15.4 Å². The largest absolute Gasteiger partial charge is 0.493 e. The van der Waals surface area contributed by atoms with E-state index in [4.69, 9.17) is 9.47 Å². The van der Waals surface area contributed by atoms with Crippen LogP contribution in [0, 0.1) is 0 Å². The van der Waals surface area contributed by atoms with Crippen LogP contribution >= 0.6 is 0 Å². The maximum atomic E-state index is 12.7. The molecule has 0 aliphatic heterocycles. The molecule has 0 saturated heterocycles. The zero-order valence-electron chi connectivity index (χ0n) is 13.6. The van der Waals surface area contributed by atoms with Crippen LogP contribution in [0.25, 0.3) is 16.8 Å². The van der Waals surface area contributed by atoms with Crippen LogP contribution in [-0.2, 0) is 6.54 Å². The molecule has 0 radical (unpaired) electrons. The van der Waals surface area contributed by atoms with Gasteiger partial charge in [-0.2, -0.15) is 9.61 Å². The molecule has 0 N–H and O–H groups in total. The molecule has 0 aliphatic carbocycles. The molecule has 3 heterocycles. The van der Waals surface area contributed by atoms with E-state index in [1.807, 2.05) is 12.1 Å². The van der Waals surface area contributed by atoms with Gasteiger partial charge in [-0.25, -0.2) is 4.98 Å². The summed E-state index contributed by atoms with van der Waals surface area (Å²) < 4.78 is 13.5. The van der Waals surface area contributed by atoms with Crippen molar-refractivity contribution < 1.29 is 9.47 Å². The third-order valence-electron chi connectivity index (χ3n) is 3.87. The minimum absolute atomic E-state index is 0.166. The second-order valence-corrected chi connectivity index (χ2v) is 5.34. The van der Waals surface area contributed by atoms with Crippen LogP contribution in [0.15, 0.2) is 41.6 Å². The average Bonchev–Trinajstić information content (AvgIpc) is 3.13. The van der Waals surface area contributed by atoms with Gasteiger partial charge in [0.25, 0.3) is 5.56 Å². The minimum Gasteiger partial charge on any atom is -0.493 e. The average molecular weight is 338 g/mol. The van der Waals surface area contributed by atoms with Crippen molar-refractivity contribution in [3.63, 3.8) is 0 Å². The van der Waals surface area contributed by atoms with E-state index in [1.54, 1.807) is 32.5 Å². The summed E-state index contributed by atoms with van der Waals surface area (Å²) in [6.07, 6.45) is 3.06. The zero-order valence-corrected chi connectivity index (χ0v) is 13.6. The molecule has 0 bridgehead atoms. The highest BCUT2D eigenvalue weighted by Crippen LogP contribution is 2.27. The van der Waals surface area contributed by atoms with Crippen molar-refractivity contribution in [1.82, 2.24) is 29.4 Å². The molecule has 4 rings (SSSR count). The van der Waals surface area contributed by atoms with Gasteiger partial charge in [0.2, 0.25) is 0 Å². The smallest absolute Gasteiger partial charge is 0.283 e. The van der Waals surface area contributed by atoms with E-state index in [-0.39, 0.29) is 11.1 Å². The Bertz CT molecular complexity index is 1130. The molecule has 0 saturated carbocycles. The quantitative estimate of drug-likeness (QED) is 0.545. The van der Waals surface area contributed by atoms with E-state index in [0.29, 0.717) is 29.3 Å². The fourth-order valence-electron chi connectivity index (χ4n) is 2.64. The van der Waals surface area contributed by atoms with E-state index in [2.05, 4.69) is 20.3 Å². The Hall–Kier alpha value is -3.49. The van der Waals surface area contributed by atoms with Crippen molar-refractivity contribution in [3.05, 3.63) is 52.7 Å². The van der Waals surface area contributed by atoms with Crippen LogP contribution in [0.1, 0.15) is 5.56 Å². The molecule has 4 aromatic rings. The Kier molecular flexibility index (Phi) is 3.53. The summed E-state index contributed by atoms with van der Waals surface area (Å²) in [6.45, 7) is 0.320. The highest BCUT2D eigenvalue weighted by Gasteiger charge is 2.12. The molecule has 0 fully saturated rings. The molecule has 0 spiro atoms. The maximum absolute atomic E-state index is 12.7. The molecule has 9 nitrogen and oxygen atoms in total. The Morgan fingerprint density at radius 2 is 1.92 bits per heavy atom. The van der Waals surface area contributed by atoms with Gasteiger partial charge in [-0.15, -0.1) is 10.2 Å². The first-order valence-electron chi connectivity index (χ1n) is 7.47. The van der Waals surface area contributed by atoms with Crippen LogP contribution < -0.4 is 15.0 Å². The van der Waals surface area contributed by atoms with Gasteiger partial charge in [0.05, 0.1) is 27.0 Å². The lowest BCUT2D eigenvalue weighted by Gasteiger charge is -2.11. The lowest BCUT2D eigenvalue weighted by molar-refractivity contribution is 0.354. The van der Waals surface area contributed by atoms with Gasteiger partial charge < -0.3 is 9.47 Å². The summed E-state index contributed by atoms with van der Waals surface area (Å²) >= 11 is 0. The first kappa shape index (κ1) is 15.1. The number of hydrogen-bond acceptors (Lipinski definition) is 7. The summed E-state index contributed by atoms with van der Waals surface area (Å²) in [4.78, 5) is 17.0. The Morgan fingerprint density at radius 1 is 1.08 bits per heavy atom. The van der Waals surface area contributed by atoms with Gasteiger partial charge in [0.15, 0.2) is 28.3 Å². The lowest BCUT2D eigenvalue weighted by atomic mass is 10.2. The van der Waals surface area contributed by atoms with Gasteiger partial charge in [-0.3, -0.25) is 9.36 Å². The van der Waals surface area contributed by atoms with Crippen molar-refractivity contribution in [3.8, 4) is 11.5 Å². The Morgan fingerprint density at radius 3 is 2.72 bits per heavy atom. The molecule has 25 heavy (non-hydrogen) atoms. The highest BCUT2D eigenvalue weighted by atomic mass is 16.5. The molecule has 0 amide bonds. The topological polar surface area (TPSA) is 96.4 Å². The number of aromatic nitrogens is 6. The summed E-state index contributed by atoms with van der Waals surface area (Å²) in [5.41, 5.74) is 1.67. The van der Waals surface area contributed by atoms with Crippen LogP contribution in [-0.4, -0.2) is 43.6 Å². The highest BCUT2D eigenvalue weighted by molar-refractivity contribution is 5.70. The van der Waals surface area contributed by atoms with E-state index in [0.717, 1.165) is 5.56 Å². The zero-order chi connectivity index (χ0) is 17.4. The van der Waals surface area contributed by atoms with Crippen molar-refractivity contribution in [2.24, 2.45) is 0 Å². The number of ether oxygens (including phenoxy) is 2. The van der Waals surface area contributed by atoms with E-state index < -0.39 is 0 Å². The third kappa shape index (κ3) is 2.45. The molecular formula is C16H14N6O3. The summed E-state index contributed by atoms with van der Waals surface area (Å²) in [6, 6.07) is 7.17. The number of hydrogen-bond donors (Lipinski definition) is 0. The van der Waals surface area contributed by atoms with E-state index in [9.17, 15) is 4.79 Å². The van der Waals surface area contributed by atoms with Gasteiger partial charge in [-0.05, 0) is 17.7 Å². The molecular weight excluding hydrogens is 324 g/mol. The van der Waals surface area contributed by atoms with Crippen molar-refractivity contribution in [2.45, 2.75) is 6.54 Å². The van der Waals surface area contributed by atoms with Crippen molar-refractivity contribution >= 4 is 16.8 Å². The second-order valence-electron chi connectivity index (χ2n) is 5.34. The van der Waals surface area contributed by atoms with Gasteiger partial charge in [0.1, 0.15) is 6.33 Å². The van der Waals surface area contributed by atoms with Crippen molar-refractivity contribution in [1.29, 1.82) is 0 Å². The maximum Gasteiger partial charge on any atom is 0.283 e. The predicted octanol–water partition coefficient (Wildman–Crippen LogP) is 0.900. The number of rotatable bonds is 4. The Balaban J connectivity index is 1.78. The van der Waals surface area contributed by atoms with Crippen LogP contribution in [0.2, 0.25) is 0 Å². The first-order chi connectivity index (χ1) is 12.2. The Labute approximate surface area is 141 Å². The first-order valence-corrected chi connectivity index (χ1v) is 7.47. The van der Waals surface area contributed by atoms with Gasteiger partial charge in [0, 0.05) is 6.07 Å². The minimum atomic E-state index is -0.287. The fraction of sp³-hybridized carbons (Fsp3) is 0.188. The predicted molar refractivity (Wildman–Crippen MR) is 89.0 cm³/mol. The van der Waals surface area contributed by atoms with Crippen LogP contribution in [0.5, 0.6) is 11.5 Å². The molecule has 3 aromatic heterocycles. The molecule has 126 valence electrons. The molecule has 0 atom stereocenters. The monoisotopic (exact) mass is 338 g/mol. The van der Waals surface area contributed by atoms with Crippen molar-refractivity contribution in [2.75, 3.05) is 14.2 Å². The van der Waals surface area contributed by atoms with Gasteiger partial charge in [-0.1, -0.05) is 6.07 Å². The second kappa shape index (κ2) is 5.86. The third-order valence-corrected chi connectivity index (χ3v) is 3.87. The summed E-state index contributed by atoms with van der Waals surface area (Å²) in [7, 11) is 3.14. The molecule has 0 aliphatic rings. The van der Waals surface area contributed by atoms with Crippen LogP contribution in [0.4, 0.5) is 0 Å². The number of methoxy groups -OCH3 is 2. The summed E-state index contributed by atoms with van der Waals surface area (Å²) in [5.74, 6) is 1.22. The molecule has 0 unspecified atom stereocenters. The standard InChI is InChI=1S/C16H14N6O3/c1-24-11-4-3-10(7-12(11)25-2)8-21-9-17-15-14(16(21)23)20-19-13-5-6-18-22(13)15/h3-7,9H,8H2,1-2H3. The molecule has 1 aromatic carbocycles. The number of benzene rings is 1. The molecule has 9 heteroatoms. The fourth-order valence-corrected chi connectivity index (χ4v) is 2.64. The number of fused-ring (bicyclic) bond motifs is 3. The summed E-state index contributed by atoms with van der Waals surface area (Å²) in [5, 5.41) is 12.1.